The smallest absolute Gasteiger partial charge is 0.241 e. The highest BCUT2D eigenvalue weighted by molar-refractivity contribution is 7.84. The molecule has 1 aliphatic rings. The zero-order valence-corrected chi connectivity index (χ0v) is 21.5. The van der Waals surface area contributed by atoms with Crippen molar-refractivity contribution in [2.45, 2.75) is 11.3 Å². The third-order valence-electron chi connectivity index (χ3n) is 6.81. The number of amides is 2. The summed E-state index contributed by atoms with van der Waals surface area (Å²) >= 11 is 0. The lowest BCUT2D eigenvalue weighted by Crippen LogP contribution is -2.41. The van der Waals surface area contributed by atoms with Crippen molar-refractivity contribution in [1.29, 1.82) is 0 Å². The molecule has 0 N–H and O–H groups in total. The maximum absolute atomic E-state index is 15.3. The van der Waals surface area contributed by atoms with Crippen molar-refractivity contribution in [1.82, 2.24) is 4.90 Å². The van der Waals surface area contributed by atoms with Crippen molar-refractivity contribution in [3.8, 4) is 0 Å². The van der Waals surface area contributed by atoms with Crippen molar-refractivity contribution < 1.29 is 18.7 Å². The van der Waals surface area contributed by atoms with Crippen molar-refractivity contribution in [3.05, 3.63) is 121 Å². The summed E-state index contributed by atoms with van der Waals surface area (Å²) in [5.74, 6) is -1.15. The number of hydrogen-bond acceptors (Lipinski definition) is 4. The van der Waals surface area contributed by atoms with Gasteiger partial charge in [-0.15, -0.1) is 0 Å². The van der Waals surface area contributed by atoms with Crippen LogP contribution in [0.4, 0.5) is 0 Å². The SMILES string of the molecule is CN1C(=O)C(P(=O)(c2ccccc2)c2ccccc2)C(P(=O)(c2ccccc2)c2ccccc2)C1=O. The number of rotatable bonds is 6. The molecule has 2 atom stereocenters. The molecule has 0 aromatic heterocycles. The van der Waals surface area contributed by atoms with Gasteiger partial charge >= 0.3 is 0 Å². The fraction of sp³-hybridized carbons (Fsp3) is 0.103. The average molecular weight is 513 g/mol. The van der Waals surface area contributed by atoms with Gasteiger partial charge in [0.15, 0.2) is 14.3 Å². The van der Waals surface area contributed by atoms with Crippen molar-refractivity contribution in [2.75, 3.05) is 7.05 Å². The van der Waals surface area contributed by atoms with Gasteiger partial charge in [0.05, 0.1) is 0 Å². The van der Waals surface area contributed by atoms with E-state index in [0.29, 0.717) is 21.2 Å². The second-order valence-electron chi connectivity index (χ2n) is 8.78. The standard InChI is InChI=1S/C29H25NO4P2/c1-30-28(31)26(35(33,22-14-6-2-7-15-22)23-16-8-3-9-17-23)27(29(30)32)36(34,24-18-10-4-11-19-24)25-20-12-5-13-21-25/h2-21,26-27H,1H3. The molecule has 1 aliphatic heterocycles. The lowest BCUT2D eigenvalue weighted by Gasteiger charge is -2.32. The van der Waals surface area contributed by atoms with E-state index >= 15 is 9.13 Å². The molecule has 5 rings (SSSR count). The van der Waals surface area contributed by atoms with Crippen LogP contribution in [-0.4, -0.2) is 35.1 Å². The van der Waals surface area contributed by atoms with Gasteiger partial charge < -0.3 is 9.13 Å². The maximum Gasteiger partial charge on any atom is 0.241 e. The first-order valence-corrected chi connectivity index (χ1v) is 15.2. The lowest BCUT2D eigenvalue weighted by atomic mass is 10.3. The van der Waals surface area contributed by atoms with Crippen molar-refractivity contribution in [2.24, 2.45) is 0 Å². The molecule has 0 bridgehead atoms. The number of carbonyl (C=O) groups excluding carboxylic acids is 2. The van der Waals surface area contributed by atoms with Crippen LogP contribution >= 0.6 is 14.3 Å². The largest absolute Gasteiger partial charge is 0.313 e. The molecule has 0 aliphatic carbocycles. The predicted octanol–water partition coefficient (Wildman–Crippen LogP) is 3.75. The Morgan fingerprint density at radius 3 is 0.917 bits per heavy atom. The number of imide groups is 1. The van der Waals surface area contributed by atoms with E-state index in [0.717, 1.165) is 4.90 Å². The third kappa shape index (κ3) is 3.71. The Balaban J connectivity index is 1.84. The predicted molar refractivity (Wildman–Crippen MR) is 145 cm³/mol. The molecule has 1 heterocycles. The molecule has 180 valence electrons. The summed E-state index contributed by atoms with van der Waals surface area (Å²) in [6.07, 6.45) is 0. The molecule has 1 fully saturated rings. The Labute approximate surface area is 210 Å². The van der Waals surface area contributed by atoms with Crippen LogP contribution in [-0.2, 0) is 18.7 Å². The van der Waals surface area contributed by atoms with Crippen LogP contribution in [0, 0.1) is 0 Å². The van der Waals surface area contributed by atoms with E-state index in [1.165, 1.54) is 7.05 Å². The number of carbonyl (C=O) groups is 2. The summed E-state index contributed by atoms with van der Waals surface area (Å²) in [7, 11) is -6.17. The van der Waals surface area contributed by atoms with Gasteiger partial charge in [0.2, 0.25) is 11.8 Å². The highest BCUT2D eigenvalue weighted by Crippen LogP contribution is 2.62. The van der Waals surface area contributed by atoms with Gasteiger partial charge in [0.1, 0.15) is 11.3 Å². The number of benzene rings is 4. The summed E-state index contributed by atoms with van der Waals surface area (Å²) in [6, 6.07) is 35.1. The molecule has 0 saturated carbocycles. The highest BCUT2D eigenvalue weighted by Gasteiger charge is 2.62. The van der Waals surface area contributed by atoms with E-state index in [4.69, 9.17) is 0 Å². The van der Waals surface area contributed by atoms with Crippen LogP contribution in [0.1, 0.15) is 0 Å². The van der Waals surface area contributed by atoms with E-state index in [2.05, 4.69) is 0 Å². The van der Waals surface area contributed by atoms with E-state index in [1.807, 2.05) is 24.3 Å². The van der Waals surface area contributed by atoms with Crippen molar-refractivity contribution in [3.63, 3.8) is 0 Å². The first kappa shape index (κ1) is 24.2. The van der Waals surface area contributed by atoms with Crippen LogP contribution in [0.15, 0.2) is 121 Å². The number of nitrogens with zero attached hydrogens (tertiary/aromatic N) is 1. The Morgan fingerprint density at radius 1 is 0.472 bits per heavy atom. The molecule has 0 radical (unpaired) electrons. The van der Waals surface area contributed by atoms with E-state index in [9.17, 15) is 9.59 Å². The van der Waals surface area contributed by atoms with Gasteiger partial charge in [0, 0.05) is 28.3 Å². The van der Waals surface area contributed by atoms with Crippen molar-refractivity contribution >= 4 is 47.3 Å². The summed E-state index contributed by atoms with van der Waals surface area (Å²) in [6.45, 7) is 0. The Bertz CT molecular complexity index is 1290. The Hall–Kier alpha value is -3.52. The van der Waals surface area contributed by atoms with Crippen LogP contribution in [0.2, 0.25) is 0 Å². The molecule has 2 unspecified atom stereocenters. The number of likely N-dealkylation sites (tertiary alicyclic amines) is 1. The van der Waals surface area contributed by atoms with Gasteiger partial charge in [-0.05, 0) is 0 Å². The van der Waals surface area contributed by atoms with Crippen LogP contribution in [0.3, 0.4) is 0 Å². The lowest BCUT2D eigenvalue weighted by molar-refractivity contribution is -0.136. The summed E-state index contributed by atoms with van der Waals surface area (Å²) in [4.78, 5) is 28.7. The first-order valence-electron chi connectivity index (χ1n) is 11.6. The first-order chi connectivity index (χ1) is 17.4. The molecule has 4 aromatic carbocycles. The topological polar surface area (TPSA) is 71.5 Å². The van der Waals surface area contributed by atoms with E-state index < -0.39 is 37.4 Å². The number of hydrogen-bond donors (Lipinski definition) is 0. The second-order valence-corrected chi connectivity index (χ2v) is 14.6. The Morgan fingerprint density at radius 2 is 0.694 bits per heavy atom. The minimum Gasteiger partial charge on any atom is -0.313 e. The summed E-state index contributed by atoms with van der Waals surface area (Å²) < 4.78 is 30.6. The molecule has 4 aromatic rings. The molecule has 7 heteroatoms. The fourth-order valence-electron chi connectivity index (χ4n) is 5.02. The zero-order valence-electron chi connectivity index (χ0n) is 19.7. The molecular weight excluding hydrogens is 488 g/mol. The monoisotopic (exact) mass is 513 g/mol. The van der Waals surface area contributed by atoms with E-state index in [1.54, 1.807) is 97.1 Å². The molecule has 2 amide bonds. The summed E-state index contributed by atoms with van der Waals surface area (Å²) in [5, 5.41) is 1.82. The van der Waals surface area contributed by atoms with Crippen LogP contribution < -0.4 is 21.2 Å². The van der Waals surface area contributed by atoms with Crippen LogP contribution in [0.5, 0.6) is 0 Å². The molecule has 5 nitrogen and oxygen atoms in total. The Kier molecular flexibility index (Phi) is 6.38. The van der Waals surface area contributed by atoms with Gasteiger partial charge in [-0.2, -0.15) is 0 Å². The molecule has 1 saturated heterocycles. The third-order valence-corrected chi connectivity index (χ3v) is 13.9. The van der Waals surface area contributed by atoms with Gasteiger partial charge in [-0.3, -0.25) is 14.5 Å². The maximum atomic E-state index is 15.3. The van der Waals surface area contributed by atoms with Crippen LogP contribution in [0.25, 0.3) is 0 Å². The zero-order chi connectivity index (χ0) is 25.3. The summed E-state index contributed by atoms with van der Waals surface area (Å²) in [5.41, 5.74) is -2.63. The fourth-order valence-corrected chi connectivity index (χ4v) is 12.5. The molecule has 36 heavy (non-hydrogen) atoms. The van der Waals surface area contributed by atoms with Gasteiger partial charge in [0.25, 0.3) is 0 Å². The minimum absolute atomic E-state index is 0.454. The molecular formula is C29H25NO4P2. The minimum atomic E-state index is -3.78. The normalized spacial score (nSPS) is 18.4. The quantitative estimate of drug-likeness (QED) is 0.291. The van der Waals surface area contributed by atoms with E-state index in [-0.39, 0.29) is 0 Å². The van der Waals surface area contributed by atoms with Gasteiger partial charge in [-0.1, -0.05) is 121 Å². The van der Waals surface area contributed by atoms with Gasteiger partial charge in [-0.25, -0.2) is 0 Å². The highest BCUT2D eigenvalue weighted by atomic mass is 31.2. The second kappa shape index (κ2) is 9.50. The molecule has 0 spiro atoms. The average Bonchev–Trinajstić information content (AvgIpc) is 3.18.